The first kappa shape index (κ1) is 13.5. The molecular formula is C13H25NO2. The second-order valence-corrected chi connectivity index (χ2v) is 4.67. The van der Waals surface area contributed by atoms with E-state index in [0.717, 1.165) is 12.8 Å². The maximum atomic E-state index is 11.8. The third-order valence-corrected chi connectivity index (χ3v) is 3.55. The van der Waals surface area contributed by atoms with Gasteiger partial charge in [-0.25, -0.2) is 0 Å². The maximum Gasteiger partial charge on any atom is 0.249 e. The van der Waals surface area contributed by atoms with E-state index in [4.69, 9.17) is 4.74 Å². The van der Waals surface area contributed by atoms with E-state index in [0.29, 0.717) is 18.6 Å². The van der Waals surface area contributed by atoms with E-state index < -0.39 is 0 Å². The summed E-state index contributed by atoms with van der Waals surface area (Å²) < 4.78 is 5.30. The second-order valence-electron chi connectivity index (χ2n) is 4.67. The summed E-state index contributed by atoms with van der Waals surface area (Å²) in [5.41, 5.74) is 0. The Bertz CT molecular complexity index is 218. The molecule has 1 amide bonds. The van der Waals surface area contributed by atoms with Crippen molar-refractivity contribution in [1.82, 2.24) is 5.32 Å². The van der Waals surface area contributed by atoms with Crippen molar-refractivity contribution < 1.29 is 9.53 Å². The number of nitrogens with one attached hydrogen (secondary N) is 1. The van der Waals surface area contributed by atoms with E-state index in [1.807, 2.05) is 13.8 Å². The fourth-order valence-electron chi connectivity index (χ4n) is 2.51. The molecule has 1 aliphatic rings. The van der Waals surface area contributed by atoms with Gasteiger partial charge in [-0.05, 0) is 32.6 Å². The summed E-state index contributed by atoms with van der Waals surface area (Å²) >= 11 is 0. The molecule has 1 saturated carbocycles. The zero-order valence-corrected chi connectivity index (χ0v) is 10.8. The number of ether oxygens (including phenoxy) is 1. The number of rotatable bonds is 5. The predicted molar refractivity (Wildman–Crippen MR) is 65.3 cm³/mol. The molecule has 94 valence electrons. The van der Waals surface area contributed by atoms with Crippen LogP contribution in [0.2, 0.25) is 0 Å². The van der Waals surface area contributed by atoms with E-state index in [2.05, 4.69) is 12.2 Å². The lowest BCUT2D eigenvalue weighted by Crippen LogP contribution is -2.46. The van der Waals surface area contributed by atoms with Gasteiger partial charge in [0.15, 0.2) is 0 Å². The molecular weight excluding hydrogens is 202 g/mol. The Hall–Kier alpha value is -0.570. The predicted octanol–water partition coefficient (Wildman–Crippen LogP) is 2.50. The van der Waals surface area contributed by atoms with Crippen LogP contribution in [0.3, 0.4) is 0 Å². The first-order valence-corrected chi connectivity index (χ1v) is 6.61. The van der Waals surface area contributed by atoms with Crippen LogP contribution in [0.1, 0.15) is 52.9 Å². The fraction of sp³-hybridized carbons (Fsp3) is 0.923. The number of hydrogen-bond donors (Lipinski definition) is 1. The smallest absolute Gasteiger partial charge is 0.249 e. The lowest BCUT2D eigenvalue weighted by Gasteiger charge is -2.32. The molecule has 0 saturated heterocycles. The van der Waals surface area contributed by atoms with Gasteiger partial charge in [0.25, 0.3) is 0 Å². The molecule has 16 heavy (non-hydrogen) atoms. The average Bonchev–Trinajstić information content (AvgIpc) is 2.30. The topological polar surface area (TPSA) is 38.3 Å². The lowest BCUT2D eigenvalue weighted by molar-refractivity contribution is -0.132. The Balaban J connectivity index is 2.41. The van der Waals surface area contributed by atoms with Gasteiger partial charge in [0, 0.05) is 12.6 Å². The SMILES string of the molecule is CCOC(C)C(=O)NC1CCCCC1CC. The van der Waals surface area contributed by atoms with E-state index in [9.17, 15) is 4.79 Å². The molecule has 0 spiro atoms. The Morgan fingerprint density at radius 2 is 2.06 bits per heavy atom. The first-order chi connectivity index (χ1) is 7.69. The Labute approximate surface area is 98.9 Å². The van der Waals surface area contributed by atoms with Crippen LogP contribution in [0.25, 0.3) is 0 Å². The summed E-state index contributed by atoms with van der Waals surface area (Å²) in [5, 5.41) is 3.14. The van der Waals surface area contributed by atoms with Crippen molar-refractivity contribution in [2.45, 2.75) is 65.0 Å². The van der Waals surface area contributed by atoms with Gasteiger partial charge in [-0.15, -0.1) is 0 Å². The lowest BCUT2D eigenvalue weighted by atomic mass is 9.83. The normalized spacial score (nSPS) is 27.4. The number of amides is 1. The summed E-state index contributed by atoms with van der Waals surface area (Å²) in [6, 6.07) is 0.370. The number of carbonyl (C=O) groups excluding carboxylic acids is 1. The van der Waals surface area contributed by atoms with Crippen molar-refractivity contribution in [1.29, 1.82) is 0 Å². The molecule has 3 unspecified atom stereocenters. The standard InChI is InChI=1S/C13H25NO2/c1-4-11-8-6-7-9-12(11)14-13(15)10(3)16-5-2/h10-12H,4-9H2,1-3H3,(H,14,15). The van der Waals surface area contributed by atoms with Gasteiger partial charge in [0.1, 0.15) is 6.10 Å². The summed E-state index contributed by atoms with van der Waals surface area (Å²) in [7, 11) is 0. The summed E-state index contributed by atoms with van der Waals surface area (Å²) in [5.74, 6) is 0.707. The fourth-order valence-corrected chi connectivity index (χ4v) is 2.51. The van der Waals surface area contributed by atoms with Crippen LogP contribution < -0.4 is 5.32 Å². The third-order valence-electron chi connectivity index (χ3n) is 3.55. The minimum absolute atomic E-state index is 0.0483. The minimum Gasteiger partial charge on any atom is -0.369 e. The van der Waals surface area contributed by atoms with Crippen molar-refractivity contribution in [3.05, 3.63) is 0 Å². The number of carbonyl (C=O) groups is 1. The zero-order chi connectivity index (χ0) is 12.0. The van der Waals surface area contributed by atoms with Gasteiger partial charge in [0.05, 0.1) is 0 Å². The van der Waals surface area contributed by atoms with Gasteiger partial charge >= 0.3 is 0 Å². The van der Waals surface area contributed by atoms with E-state index in [1.54, 1.807) is 0 Å². The van der Waals surface area contributed by atoms with Crippen LogP contribution in [0, 0.1) is 5.92 Å². The van der Waals surface area contributed by atoms with E-state index >= 15 is 0 Å². The van der Waals surface area contributed by atoms with Crippen molar-refractivity contribution >= 4 is 5.91 Å². The van der Waals surface area contributed by atoms with Gasteiger partial charge < -0.3 is 10.1 Å². The molecule has 3 heteroatoms. The highest BCUT2D eigenvalue weighted by Crippen LogP contribution is 2.26. The molecule has 1 aliphatic carbocycles. The van der Waals surface area contributed by atoms with Crippen molar-refractivity contribution in [3.63, 3.8) is 0 Å². The van der Waals surface area contributed by atoms with Gasteiger partial charge in [0.2, 0.25) is 5.91 Å². The molecule has 0 aromatic heterocycles. The molecule has 0 aliphatic heterocycles. The molecule has 0 heterocycles. The molecule has 0 aromatic rings. The monoisotopic (exact) mass is 227 g/mol. The zero-order valence-electron chi connectivity index (χ0n) is 10.8. The highest BCUT2D eigenvalue weighted by molar-refractivity contribution is 5.80. The van der Waals surface area contributed by atoms with Crippen molar-refractivity contribution in [2.24, 2.45) is 5.92 Å². The molecule has 0 aromatic carbocycles. The van der Waals surface area contributed by atoms with Gasteiger partial charge in [-0.1, -0.05) is 26.2 Å². The van der Waals surface area contributed by atoms with Crippen molar-refractivity contribution in [3.8, 4) is 0 Å². The number of hydrogen-bond acceptors (Lipinski definition) is 2. The van der Waals surface area contributed by atoms with Crippen molar-refractivity contribution in [2.75, 3.05) is 6.61 Å². The van der Waals surface area contributed by atoms with Gasteiger partial charge in [-0.2, -0.15) is 0 Å². The largest absolute Gasteiger partial charge is 0.369 e. The highest BCUT2D eigenvalue weighted by Gasteiger charge is 2.26. The molecule has 1 rings (SSSR count). The first-order valence-electron chi connectivity index (χ1n) is 6.61. The molecule has 1 N–H and O–H groups in total. The van der Waals surface area contributed by atoms with E-state index in [1.165, 1.54) is 19.3 Å². The minimum atomic E-state index is -0.315. The molecule has 1 fully saturated rings. The Morgan fingerprint density at radius 3 is 2.69 bits per heavy atom. The molecule has 3 nitrogen and oxygen atoms in total. The molecule has 0 bridgehead atoms. The summed E-state index contributed by atoms with van der Waals surface area (Å²) in [4.78, 5) is 11.8. The average molecular weight is 227 g/mol. The van der Waals surface area contributed by atoms with Crippen LogP contribution in [0.15, 0.2) is 0 Å². The molecule has 0 radical (unpaired) electrons. The van der Waals surface area contributed by atoms with Crippen LogP contribution >= 0.6 is 0 Å². The van der Waals surface area contributed by atoms with Crippen LogP contribution in [0.5, 0.6) is 0 Å². The summed E-state index contributed by atoms with van der Waals surface area (Å²) in [6.07, 6.45) is 5.78. The highest BCUT2D eigenvalue weighted by atomic mass is 16.5. The van der Waals surface area contributed by atoms with Crippen LogP contribution in [-0.4, -0.2) is 24.7 Å². The Morgan fingerprint density at radius 1 is 1.38 bits per heavy atom. The van der Waals surface area contributed by atoms with Crippen LogP contribution in [0.4, 0.5) is 0 Å². The Kier molecular flexibility index (Phi) is 5.81. The van der Waals surface area contributed by atoms with Crippen LogP contribution in [-0.2, 0) is 9.53 Å². The summed E-state index contributed by atoms with van der Waals surface area (Å²) in [6.45, 7) is 6.54. The van der Waals surface area contributed by atoms with E-state index in [-0.39, 0.29) is 12.0 Å². The van der Waals surface area contributed by atoms with Gasteiger partial charge in [-0.3, -0.25) is 4.79 Å². The second kappa shape index (κ2) is 6.89. The third kappa shape index (κ3) is 3.78. The molecule has 3 atom stereocenters. The maximum absolute atomic E-state index is 11.8. The quantitative estimate of drug-likeness (QED) is 0.783.